The average molecular weight is 725 g/mol. The Balaban J connectivity index is 3.58. The molecule has 0 aromatic carbocycles. The van der Waals surface area contributed by atoms with Crippen LogP contribution in [0.1, 0.15) is 194 Å². The Bertz CT molecular complexity index is 957. The van der Waals surface area contributed by atoms with Crippen molar-refractivity contribution in [2.45, 2.75) is 200 Å². The van der Waals surface area contributed by atoms with Gasteiger partial charge >= 0.3 is 11.9 Å². The van der Waals surface area contributed by atoms with Gasteiger partial charge in [-0.2, -0.15) is 0 Å². The van der Waals surface area contributed by atoms with Crippen molar-refractivity contribution >= 4 is 11.9 Å². The van der Waals surface area contributed by atoms with Gasteiger partial charge in [0, 0.05) is 12.8 Å². The summed E-state index contributed by atoms with van der Waals surface area (Å²) >= 11 is 0. The van der Waals surface area contributed by atoms with Crippen LogP contribution in [-0.2, 0) is 19.1 Å². The van der Waals surface area contributed by atoms with Crippen LogP contribution in [0.4, 0.5) is 0 Å². The first-order valence-corrected chi connectivity index (χ1v) is 21.5. The molecule has 5 heteroatoms. The number of esters is 2. The van der Waals surface area contributed by atoms with Gasteiger partial charge in [-0.05, 0) is 83.5 Å². The number of hydrogen-bond acceptors (Lipinski definition) is 5. The molecule has 0 heterocycles. The van der Waals surface area contributed by atoms with E-state index < -0.39 is 6.10 Å². The number of aliphatic hydroxyl groups is 1. The van der Waals surface area contributed by atoms with Gasteiger partial charge in [-0.1, -0.05) is 170 Å². The molecule has 0 aromatic heterocycles. The van der Waals surface area contributed by atoms with Crippen molar-refractivity contribution in [3.8, 4) is 0 Å². The molecule has 0 bridgehead atoms. The maximum absolute atomic E-state index is 12.2. The van der Waals surface area contributed by atoms with E-state index in [-0.39, 0.29) is 25.2 Å². The van der Waals surface area contributed by atoms with Crippen LogP contribution < -0.4 is 0 Å². The summed E-state index contributed by atoms with van der Waals surface area (Å²) in [5.41, 5.74) is 0. The predicted octanol–water partition coefficient (Wildman–Crippen LogP) is 13.7. The van der Waals surface area contributed by atoms with Gasteiger partial charge in [-0.25, -0.2) is 0 Å². The van der Waals surface area contributed by atoms with E-state index in [9.17, 15) is 14.7 Å². The van der Waals surface area contributed by atoms with Gasteiger partial charge in [-0.15, -0.1) is 0 Å². The Morgan fingerprint density at radius 2 is 0.827 bits per heavy atom. The highest BCUT2D eigenvalue weighted by Gasteiger charge is 2.16. The van der Waals surface area contributed by atoms with Gasteiger partial charge in [0.1, 0.15) is 6.61 Å². The molecule has 0 saturated carbocycles. The minimum atomic E-state index is -0.780. The quantitative estimate of drug-likeness (QED) is 0.0390. The SMILES string of the molecule is CC/C=C\C/C=C\C/C=C\C/C=C\C/C=C\CCCCCCCCCCCC(=O)OC(CO)COC(=O)CCCCCCC/C=C\CCCCCC. The molecule has 52 heavy (non-hydrogen) atoms. The highest BCUT2D eigenvalue weighted by molar-refractivity contribution is 5.70. The summed E-state index contributed by atoms with van der Waals surface area (Å²) in [6.07, 6.45) is 56.8. The number of allylic oxidation sites excluding steroid dienone is 12. The first kappa shape index (κ1) is 49.3. The van der Waals surface area contributed by atoms with E-state index >= 15 is 0 Å². The smallest absolute Gasteiger partial charge is 0.306 e. The largest absolute Gasteiger partial charge is 0.462 e. The number of unbranched alkanes of at least 4 members (excludes halogenated alkanes) is 18. The first-order valence-electron chi connectivity index (χ1n) is 21.5. The van der Waals surface area contributed by atoms with Crippen LogP contribution in [0.5, 0.6) is 0 Å². The van der Waals surface area contributed by atoms with Gasteiger partial charge in [0.15, 0.2) is 6.10 Å². The second-order valence-electron chi connectivity index (χ2n) is 14.0. The third-order valence-electron chi connectivity index (χ3n) is 8.98. The number of hydrogen-bond donors (Lipinski definition) is 1. The Morgan fingerprint density at radius 3 is 1.27 bits per heavy atom. The topological polar surface area (TPSA) is 72.8 Å². The van der Waals surface area contributed by atoms with Crippen molar-refractivity contribution < 1.29 is 24.2 Å². The van der Waals surface area contributed by atoms with Crippen molar-refractivity contribution in [1.29, 1.82) is 0 Å². The van der Waals surface area contributed by atoms with Crippen LogP contribution >= 0.6 is 0 Å². The molecule has 0 rings (SSSR count). The molecule has 0 amide bonds. The Kier molecular flexibility index (Phi) is 40.6. The summed E-state index contributed by atoms with van der Waals surface area (Å²) in [4.78, 5) is 24.3. The molecular formula is C47H80O5. The van der Waals surface area contributed by atoms with E-state index in [0.29, 0.717) is 12.8 Å². The summed E-state index contributed by atoms with van der Waals surface area (Å²) in [7, 11) is 0. The number of ether oxygens (including phenoxy) is 2. The number of carbonyl (C=O) groups is 2. The molecular weight excluding hydrogens is 645 g/mol. The normalized spacial score (nSPS) is 12.9. The van der Waals surface area contributed by atoms with E-state index in [1.807, 2.05) is 0 Å². The van der Waals surface area contributed by atoms with Crippen molar-refractivity contribution in [3.63, 3.8) is 0 Å². The maximum Gasteiger partial charge on any atom is 0.306 e. The molecule has 0 saturated heterocycles. The monoisotopic (exact) mass is 725 g/mol. The highest BCUT2D eigenvalue weighted by atomic mass is 16.6. The molecule has 1 unspecified atom stereocenters. The predicted molar refractivity (Wildman–Crippen MR) is 223 cm³/mol. The molecule has 1 atom stereocenters. The third kappa shape index (κ3) is 40.1. The van der Waals surface area contributed by atoms with Crippen molar-refractivity contribution in [2.75, 3.05) is 13.2 Å². The summed E-state index contributed by atoms with van der Waals surface area (Å²) in [5.74, 6) is -0.611. The maximum atomic E-state index is 12.2. The fraction of sp³-hybridized carbons (Fsp3) is 0.702. The molecule has 0 fully saturated rings. The Labute approximate surface area is 321 Å². The minimum Gasteiger partial charge on any atom is -0.462 e. The van der Waals surface area contributed by atoms with Crippen LogP contribution in [-0.4, -0.2) is 36.4 Å². The second kappa shape index (κ2) is 42.8. The lowest BCUT2D eigenvalue weighted by atomic mass is 10.1. The minimum absolute atomic E-state index is 0.0752. The molecule has 1 N–H and O–H groups in total. The highest BCUT2D eigenvalue weighted by Crippen LogP contribution is 2.13. The molecule has 0 aliphatic carbocycles. The molecule has 0 aromatic rings. The molecule has 298 valence electrons. The van der Waals surface area contributed by atoms with Crippen LogP contribution in [0.25, 0.3) is 0 Å². The van der Waals surface area contributed by atoms with Crippen LogP contribution in [0.15, 0.2) is 72.9 Å². The summed E-state index contributed by atoms with van der Waals surface area (Å²) in [5, 5.41) is 9.57. The van der Waals surface area contributed by atoms with Crippen molar-refractivity contribution in [3.05, 3.63) is 72.9 Å². The van der Waals surface area contributed by atoms with Gasteiger partial charge in [0.2, 0.25) is 0 Å². The van der Waals surface area contributed by atoms with E-state index in [1.54, 1.807) is 0 Å². The van der Waals surface area contributed by atoms with Crippen molar-refractivity contribution in [1.82, 2.24) is 0 Å². The molecule has 0 aliphatic rings. The van der Waals surface area contributed by atoms with E-state index in [0.717, 1.165) is 77.0 Å². The van der Waals surface area contributed by atoms with E-state index in [1.165, 1.54) is 89.9 Å². The zero-order chi connectivity index (χ0) is 37.8. The van der Waals surface area contributed by atoms with Crippen LogP contribution in [0.3, 0.4) is 0 Å². The van der Waals surface area contributed by atoms with Crippen LogP contribution in [0, 0.1) is 0 Å². The standard InChI is InChI=1S/C47H80O5/c1-3-5-7-9-11-13-15-17-18-19-20-21-22-23-24-25-26-27-28-30-32-34-36-38-40-42-47(50)52-45(43-48)44-51-46(49)41-39-37-35-33-31-29-16-14-12-10-8-6-4-2/h5,7,11,13-14,16-18,20-21,23-24,45,48H,3-4,6,8-10,12,15,19,22,25-44H2,1-2H3/b7-5-,13-11-,16-14-,18-17-,21-20-,24-23-. The fourth-order valence-corrected chi connectivity index (χ4v) is 5.75. The zero-order valence-electron chi connectivity index (χ0n) is 33.8. The first-order chi connectivity index (χ1) is 25.6. The molecule has 0 spiro atoms. The Hall–Kier alpha value is -2.66. The Morgan fingerprint density at radius 1 is 0.462 bits per heavy atom. The van der Waals surface area contributed by atoms with Gasteiger partial charge < -0.3 is 14.6 Å². The lowest BCUT2D eigenvalue weighted by Gasteiger charge is -2.15. The van der Waals surface area contributed by atoms with Gasteiger partial charge in [-0.3, -0.25) is 9.59 Å². The van der Waals surface area contributed by atoms with E-state index in [4.69, 9.17) is 9.47 Å². The lowest BCUT2D eigenvalue weighted by Crippen LogP contribution is -2.28. The third-order valence-corrected chi connectivity index (χ3v) is 8.98. The van der Waals surface area contributed by atoms with Crippen LogP contribution in [0.2, 0.25) is 0 Å². The second-order valence-corrected chi connectivity index (χ2v) is 14.0. The number of carbonyl (C=O) groups excluding carboxylic acids is 2. The number of rotatable bonds is 38. The lowest BCUT2D eigenvalue weighted by molar-refractivity contribution is -0.161. The molecule has 5 nitrogen and oxygen atoms in total. The fourth-order valence-electron chi connectivity index (χ4n) is 5.75. The summed E-state index contributed by atoms with van der Waals surface area (Å²) < 4.78 is 10.6. The van der Waals surface area contributed by atoms with E-state index in [2.05, 4.69) is 86.8 Å². The number of aliphatic hydroxyl groups excluding tert-OH is 1. The average Bonchev–Trinajstić information content (AvgIpc) is 3.15. The molecule has 0 radical (unpaired) electrons. The van der Waals surface area contributed by atoms with Crippen molar-refractivity contribution in [2.24, 2.45) is 0 Å². The zero-order valence-corrected chi connectivity index (χ0v) is 33.8. The summed E-state index contributed by atoms with van der Waals surface area (Å²) in [6, 6.07) is 0. The summed E-state index contributed by atoms with van der Waals surface area (Å²) in [6.45, 7) is 3.99. The molecule has 0 aliphatic heterocycles. The van der Waals surface area contributed by atoms with Gasteiger partial charge in [0.25, 0.3) is 0 Å². The van der Waals surface area contributed by atoms with Gasteiger partial charge in [0.05, 0.1) is 6.61 Å².